The maximum absolute atomic E-state index is 14.0. The molecule has 6 nitrogen and oxygen atoms in total. The first kappa shape index (κ1) is 21.2. The molecule has 2 N–H and O–H groups in total. The van der Waals surface area contributed by atoms with Crippen LogP contribution < -0.4 is 15.6 Å². The molecular weight excluding hydrogens is 412 g/mol. The Balaban J connectivity index is 1.38. The lowest BCUT2D eigenvalue weighted by Crippen LogP contribution is -2.44. The topological polar surface area (TPSA) is 70.7 Å². The summed E-state index contributed by atoms with van der Waals surface area (Å²) in [7, 11) is -2.34. The molecule has 4 rings (SSSR count). The number of nitrogens with one attached hydrogen (secondary N) is 2. The van der Waals surface area contributed by atoms with Crippen LogP contribution in [0.4, 0.5) is 8.78 Å². The van der Waals surface area contributed by atoms with Gasteiger partial charge in [-0.15, -0.1) is 0 Å². The average Bonchev–Trinajstić information content (AvgIpc) is 3.24. The predicted octanol–water partition coefficient (Wildman–Crippen LogP) is 2.98. The zero-order valence-electron chi connectivity index (χ0n) is 16.6. The van der Waals surface area contributed by atoms with Crippen LogP contribution in [0.25, 0.3) is 0 Å². The van der Waals surface area contributed by atoms with Crippen molar-refractivity contribution in [3.8, 4) is 5.75 Å². The number of piperidine rings is 1. The minimum Gasteiger partial charge on any atom is -0.497 e. The zero-order chi connectivity index (χ0) is 21.3. The van der Waals surface area contributed by atoms with E-state index in [1.165, 1.54) is 4.31 Å². The molecule has 2 unspecified atom stereocenters. The summed E-state index contributed by atoms with van der Waals surface area (Å²) >= 11 is 0. The molecule has 0 amide bonds. The van der Waals surface area contributed by atoms with E-state index in [0.717, 1.165) is 29.9 Å². The number of rotatable bonds is 5. The summed E-state index contributed by atoms with van der Waals surface area (Å²) in [6.07, 6.45) is 2.23. The fourth-order valence-corrected chi connectivity index (χ4v) is 5.82. The number of halogens is 2. The van der Waals surface area contributed by atoms with Crippen LogP contribution in [-0.2, 0) is 10.0 Å². The molecule has 162 valence electrons. The highest BCUT2D eigenvalue weighted by atomic mass is 32.2. The van der Waals surface area contributed by atoms with E-state index in [1.807, 2.05) is 18.2 Å². The van der Waals surface area contributed by atoms with Crippen molar-refractivity contribution in [2.75, 3.05) is 20.2 Å². The Kier molecular flexibility index (Phi) is 6.06. The molecular formula is C21H25F2N3O3S. The van der Waals surface area contributed by atoms with Gasteiger partial charge >= 0.3 is 0 Å². The van der Waals surface area contributed by atoms with E-state index in [4.69, 9.17) is 4.74 Å². The van der Waals surface area contributed by atoms with E-state index >= 15 is 0 Å². The molecule has 9 heteroatoms. The van der Waals surface area contributed by atoms with Crippen molar-refractivity contribution in [3.05, 3.63) is 59.7 Å². The highest BCUT2D eigenvalue weighted by Gasteiger charge is 2.37. The van der Waals surface area contributed by atoms with Crippen molar-refractivity contribution >= 4 is 10.0 Å². The van der Waals surface area contributed by atoms with E-state index in [0.29, 0.717) is 37.9 Å². The van der Waals surface area contributed by atoms with Crippen molar-refractivity contribution in [2.45, 2.75) is 36.2 Å². The van der Waals surface area contributed by atoms with Crippen LogP contribution >= 0.6 is 0 Å². The normalized spacial score (nSPS) is 23.6. The largest absolute Gasteiger partial charge is 0.497 e. The van der Waals surface area contributed by atoms with Crippen molar-refractivity contribution in [1.29, 1.82) is 0 Å². The number of ether oxygens (including phenoxy) is 1. The SMILES string of the molecule is COc1cccc(C2CC(C3CCN(S(=O)(=O)c4ccc(F)cc4F)CC3)NN2)c1. The van der Waals surface area contributed by atoms with Crippen LogP contribution in [0.5, 0.6) is 5.75 Å². The van der Waals surface area contributed by atoms with Crippen LogP contribution in [0.1, 0.15) is 30.9 Å². The Morgan fingerprint density at radius 2 is 1.83 bits per heavy atom. The van der Waals surface area contributed by atoms with Gasteiger partial charge in [0.25, 0.3) is 0 Å². The summed E-state index contributed by atoms with van der Waals surface area (Å²) in [4.78, 5) is -0.471. The molecule has 2 aliphatic heterocycles. The second kappa shape index (κ2) is 8.58. The molecule has 0 aromatic heterocycles. The Labute approximate surface area is 175 Å². The number of hydrogen-bond acceptors (Lipinski definition) is 5. The summed E-state index contributed by atoms with van der Waals surface area (Å²) in [6, 6.07) is 10.9. The minimum atomic E-state index is -3.98. The number of hydrazine groups is 1. The third-order valence-corrected chi connectivity index (χ3v) is 7.94. The molecule has 0 aliphatic carbocycles. The summed E-state index contributed by atoms with van der Waals surface area (Å²) < 4.78 is 59.3. The first-order chi connectivity index (χ1) is 14.4. The highest BCUT2D eigenvalue weighted by Crippen LogP contribution is 2.33. The summed E-state index contributed by atoms with van der Waals surface area (Å²) in [5.41, 5.74) is 7.82. The smallest absolute Gasteiger partial charge is 0.245 e. The fraction of sp³-hybridized carbons (Fsp3) is 0.429. The number of sulfonamides is 1. The van der Waals surface area contributed by atoms with Gasteiger partial charge < -0.3 is 4.74 Å². The molecule has 30 heavy (non-hydrogen) atoms. The lowest BCUT2D eigenvalue weighted by molar-refractivity contribution is 0.230. The second-order valence-corrected chi connectivity index (χ2v) is 9.68. The van der Waals surface area contributed by atoms with Crippen molar-refractivity contribution in [1.82, 2.24) is 15.2 Å². The number of benzene rings is 2. The molecule has 0 radical (unpaired) electrons. The van der Waals surface area contributed by atoms with E-state index in [2.05, 4.69) is 16.9 Å². The summed E-state index contributed by atoms with van der Waals surface area (Å²) in [6.45, 7) is 0.623. The molecule has 2 aromatic carbocycles. The zero-order valence-corrected chi connectivity index (χ0v) is 17.5. The van der Waals surface area contributed by atoms with Gasteiger partial charge in [-0.3, -0.25) is 10.9 Å². The van der Waals surface area contributed by atoms with E-state index in [-0.39, 0.29) is 12.1 Å². The maximum Gasteiger partial charge on any atom is 0.245 e. The van der Waals surface area contributed by atoms with Crippen LogP contribution in [0.2, 0.25) is 0 Å². The molecule has 0 bridgehead atoms. The average molecular weight is 438 g/mol. The van der Waals surface area contributed by atoms with Gasteiger partial charge in [-0.05, 0) is 55.0 Å². The van der Waals surface area contributed by atoms with Gasteiger partial charge in [-0.25, -0.2) is 17.2 Å². The molecule has 2 heterocycles. The molecule has 2 fully saturated rings. The van der Waals surface area contributed by atoms with Crippen molar-refractivity contribution in [3.63, 3.8) is 0 Å². The van der Waals surface area contributed by atoms with Gasteiger partial charge in [0.15, 0.2) is 0 Å². The monoisotopic (exact) mass is 437 g/mol. The van der Waals surface area contributed by atoms with Gasteiger partial charge in [0, 0.05) is 31.2 Å². The van der Waals surface area contributed by atoms with E-state index in [9.17, 15) is 17.2 Å². The Morgan fingerprint density at radius 3 is 2.53 bits per heavy atom. The van der Waals surface area contributed by atoms with Gasteiger partial charge in [-0.1, -0.05) is 12.1 Å². The molecule has 2 atom stereocenters. The van der Waals surface area contributed by atoms with Crippen LogP contribution in [0, 0.1) is 17.6 Å². The Hall–Kier alpha value is -2.07. The molecule has 0 spiro atoms. The van der Waals surface area contributed by atoms with Gasteiger partial charge in [0.05, 0.1) is 7.11 Å². The van der Waals surface area contributed by atoms with Gasteiger partial charge in [0.2, 0.25) is 10.0 Å². The quantitative estimate of drug-likeness (QED) is 0.753. The third-order valence-electron chi connectivity index (χ3n) is 6.01. The van der Waals surface area contributed by atoms with E-state index in [1.54, 1.807) is 7.11 Å². The summed E-state index contributed by atoms with van der Waals surface area (Å²) in [5.74, 6) is -0.739. The fourth-order valence-electron chi connectivity index (χ4n) is 4.31. The maximum atomic E-state index is 14.0. The van der Waals surface area contributed by atoms with Crippen LogP contribution in [-0.4, -0.2) is 39.0 Å². The van der Waals surface area contributed by atoms with Crippen LogP contribution in [0.3, 0.4) is 0 Å². The number of hydrogen-bond donors (Lipinski definition) is 2. The highest BCUT2D eigenvalue weighted by molar-refractivity contribution is 7.89. The first-order valence-electron chi connectivity index (χ1n) is 9.98. The molecule has 2 aromatic rings. The molecule has 2 saturated heterocycles. The second-order valence-electron chi connectivity index (χ2n) is 7.78. The summed E-state index contributed by atoms with van der Waals surface area (Å²) in [5, 5.41) is 0. The van der Waals surface area contributed by atoms with Gasteiger partial charge in [0.1, 0.15) is 22.3 Å². The van der Waals surface area contributed by atoms with E-state index < -0.39 is 26.6 Å². The first-order valence-corrected chi connectivity index (χ1v) is 11.4. The molecule has 2 aliphatic rings. The lowest BCUT2D eigenvalue weighted by atomic mass is 9.87. The minimum absolute atomic E-state index is 0.153. The molecule has 0 saturated carbocycles. The Morgan fingerprint density at radius 1 is 1.07 bits per heavy atom. The standard InChI is InChI=1S/C21H25F2N3O3S/c1-29-17-4-2-3-15(11-17)20-13-19(24-25-20)14-7-9-26(10-8-14)30(27,28)21-6-5-16(22)12-18(21)23/h2-6,11-12,14,19-20,24-25H,7-10,13H2,1H3. The van der Waals surface area contributed by atoms with Crippen molar-refractivity contribution in [2.24, 2.45) is 5.92 Å². The van der Waals surface area contributed by atoms with Crippen LogP contribution in [0.15, 0.2) is 47.4 Å². The number of methoxy groups -OCH3 is 1. The Bertz CT molecular complexity index is 1010. The van der Waals surface area contributed by atoms with Crippen molar-refractivity contribution < 1.29 is 21.9 Å². The van der Waals surface area contributed by atoms with Gasteiger partial charge in [-0.2, -0.15) is 4.31 Å². The lowest BCUT2D eigenvalue weighted by Gasteiger charge is -2.34. The number of nitrogens with zero attached hydrogens (tertiary/aromatic N) is 1. The third kappa shape index (κ3) is 4.20. The predicted molar refractivity (Wildman–Crippen MR) is 108 cm³/mol.